The van der Waals surface area contributed by atoms with Gasteiger partial charge in [-0.1, -0.05) is 6.92 Å². The van der Waals surface area contributed by atoms with Crippen LogP contribution in [-0.2, 0) is 19.1 Å². The zero-order valence-electron chi connectivity index (χ0n) is 15.4. The van der Waals surface area contributed by atoms with E-state index in [0.717, 1.165) is 25.8 Å². The first kappa shape index (κ1) is 19.9. The van der Waals surface area contributed by atoms with Crippen molar-refractivity contribution in [1.82, 2.24) is 4.90 Å². The van der Waals surface area contributed by atoms with Crippen molar-refractivity contribution < 1.29 is 19.1 Å². The highest BCUT2D eigenvalue weighted by Gasteiger charge is 2.28. The van der Waals surface area contributed by atoms with Crippen LogP contribution in [0.25, 0.3) is 0 Å². The molecule has 1 saturated heterocycles. The summed E-state index contributed by atoms with van der Waals surface area (Å²) in [6, 6.07) is 6.93. The maximum atomic E-state index is 12.5. The molecule has 1 aromatic rings. The first-order valence-corrected chi connectivity index (χ1v) is 9.01. The van der Waals surface area contributed by atoms with Gasteiger partial charge < -0.3 is 20.3 Å². The highest BCUT2D eigenvalue weighted by Crippen LogP contribution is 2.20. The molecule has 1 fully saturated rings. The average molecular weight is 361 g/mol. The molecule has 0 saturated carbocycles. The normalized spacial score (nSPS) is 16.8. The summed E-state index contributed by atoms with van der Waals surface area (Å²) in [7, 11) is 1.46. The number of nitrogens with one attached hydrogen (secondary N) is 2. The van der Waals surface area contributed by atoms with Gasteiger partial charge in [-0.3, -0.25) is 14.4 Å². The Balaban J connectivity index is 1.88. The number of ether oxygens (including phenoxy) is 1. The number of hydrogen-bond donors (Lipinski definition) is 2. The van der Waals surface area contributed by atoms with Gasteiger partial charge in [0.2, 0.25) is 17.7 Å². The lowest BCUT2D eigenvalue weighted by Gasteiger charge is -2.32. The Morgan fingerprint density at radius 3 is 2.42 bits per heavy atom. The van der Waals surface area contributed by atoms with Crippen LogP contribution in [0.4, 0.5) is 11.4 Å². The maximum absolute atomic E-state index is 12.5. The van der Waals surface area contributed by atoms with Crippen LogP contribution in [0.3, 0.4) is 0 Å². The van der Waals surface area contributed by atoms with Gasteiger partial charge in [0.25, 0.3) is 0 Å². The zero-order valence-corrected chi connectivity index (χ0v) is 15.4. The van der Waals surface area contributed by atoms with E-state index in [1.165, 1.54) is 7.11 Å². The molecule has 1 heterocycles. The Kier molecular flexibility index (Phi) is 7.59. The van der Waals surface area contributed by atoms with Gasteiger partial charge in [-0.15, -0.1) is 0 Å². The van der Waals surface area contributed by atoms with E-state index in [4.69, 9.17) is 4.74 Å². The molecular formula is C19H27N3O4. The van der Waals surface area contributed by atoms with E-state index < -0.39 is 0 Å². The predicted molar refractivity (Wildman–Crippen MR) is 99.8 cm³/mol. The van der Waals surface area contributed by atoms with Crippen LogP contribution in [0.5, 0.6) is 0 Å². The van der Waals surface area contributed by atoms with Gasteiger partial charge in [0.05, 0.1) is 5.92 Å². The van der Waals surface area contributed by atoms with E-state index in [9.17, 15) is 14.4 Å². The summed E-state index contributed by atoms with van der Waals surface area (Å²) >= 11 is 0. The molecule has 0 aliphatic carbocycles. The Hall–Kier alpha value is -2.41. The smallest absolute Gasteiger partial charge is 0.250 e. The molecule has 2 N–H and O–H groups in total. The molecule has 1 unspecified atom stereocenters. The SMILES string of the molecule is CCCC(=O)N1CCCC(C(=O)Nc2ccc(NC(=O)COC)cc2)C1. The first-order chi connectivity index (χ1) is 12.5. The van der Waals surface area contributed by atoms with E-state index >= 15 is 0 Å². The van der Waals surface area contributed by atoms with E-state index in [1.807, 2.05) is 6.92 Å². The fourth-order valence-corrected chi connectivity index (χ4v) is 3.00. The van der Waals surface area contributed by atoms with Gasteiger partial charge in [0.15, 0.2) is 0 Å². The van der Waals surface area contributed by atoms with Crippen molar-refractivity contribution in [2.75, 3.05) is 37.4 Å². The summed E-state index contributed by atoms with van der Waals surface area (Å²) in [6.07, 6.45) is 2.98. The summed E-state index contributed by atoms with van der Waals surface area (Å²) in [5, 5.41) is 5.59. The number of amides is 3. The molecule has 1 aromatic carbocycles. The number of piperidine rings is 1. The Bertz CT molecular complexity index is 630. The van der Waals surface area contributed by atoms with Crippen LogP contribution >= 0.6 is 0 Å². The number of carbonyl (C=O) groups excluding carboxylic acids is 3. The van der Waals surface area contributed by atoms with Crippen LogP contribution in [0.1, 0.15) is 32.6 Å². The summed E-state index contributed by atoms with van der Waals surface area (Å²) < 4.78 is 4.76. The lowest BCUT2D eigenvalue weighted by molar-refractivity contribution is -0.134. The van der Waals surface area contributed by atoms with Crippen molar-refractivity contribution in [3.05, 3.63) is 24.3 Å². The summed E-state index contributed by atoms with van der Waals surface area (Å²) in [4.78, 5) is 37.8. The van der Waals surface area contributed by atoms with E-state index in [2.05, 4.69) is 10.6 Å². The molecule has 7 nitrogen and oxygen atoms in total. The Morgan fingerprint density at radius 2 is 1.81 bits per heavy atom. The second kappa shape index (κ2) is 9.91. The van der Waals surface area contributed by atoms with Crippen molar-refractivity contribution in [3.63, 3.8) is 0 Å². The first-order valence-electron chi connectivity index (χ1n) is 9.01. The number of anilines is 2. The van der Waals surface area contributed by atoms with Crippen LogP contribution in [0.2, 0.25) is 0 Å². The van der Waals surface area contributed by atoms with Crippen LogP contribution < -0.4 is 10.6 Å². The minimum atomic E-state index is -0.233. The topological polar surface area (TPSA) is 87.7 Å². The molecule has 0 bridgehead atoms. The number of rotatable bonds is 7. The van der Waals surface area contributed by atoms with Crippen molar-refractivity contribution in [2.45, 2.75) is 32.6 Å². The van der Waals surface area contributed by atoms with E-state index in [-0.39, 0.29) is 30.2 Å². The summed E-state index contributed by atoms with van der Waals surface area (Å²) in [5.41, 5.74) is 1.30. The summed E-state index contributed by atoms with van der Waals surface area (Å²) in [6.45, 7) is 3.19. The largest absolute Gasteiger partial charge is 0.375 e. The molecule has 7 heteroatoms. The zero-order chi connectivity index (χ0) is 18.9. The van der Waals surface area contributed by atoms with Gasteiger partial charge in [0.1, 0.15) is 6.61 Å². The van der Waals surface area contributed by atoms with Crippen molar-refractivity contribution in [2.24, 2.45) is 5.92 Å². The van der Waals surface area contributed by atoms with Gasteiger partial charge in [-0.05, 0) is 43.5 Å². The van der Waals surface area contributed by atoms with Gasteiger partial charge in [0, 0.05) is 38.0 Å². The van der Waals surface area contributed by atoms with E-state index in [1.54, 1.807) is 29.2 Å². The molecule has 142 valence electrons. The standard InChI is InChI=1S/C19H27N3O4/c1-3-5-18(24)22-11-4-6-14(12-22)19(25)21-16-9-7-15(8-10-16)20-17(23)13-26-2/h7-10,14H,3-6,11-13H2,1-2H3,(H,20,23)(H,21,25). The Labute approximate surface area is 154 Å². The third kappa shape index (κ3) is 5.84. The molecule has 0 radical (unpaired) electrons. The molecule has 26 heavy (non-hydrogen) atoms. The maximum Gasteiger partial charge on any atom is 0.250 e. The molecule has 1 aliphatic rings. The number of carbonyl (C=O) groups is 3. The monoisotopic (exact) mass is 361 g/mol. The quantitative estimate of drug-likeness (QED) is 0.780. The minimum Gasteiger partial charge on any atom is -0.375 e. The molecule has 1 atom stereocenters. The molecule has 1 aliphatic heterocycles. The fraction of sp³-hybridized carbons (Fsp3) is 0.526. The van der Waals surface area contributed by atoms with Gasteiger partial charge >= 0.3 is 0 Å². The predicted octanol–water partition coefficient (Wildman–Crippen LogP) is 2.25. The highest BCUT2D eigenvalue weighted by molar-refractivity contribution is 5.94. The third-order valence-corrected chi connectivity index (χ3v) is 4.32. The van der Waals surface area contributed by atoms with Crippen molar-refractivity contribution in [1.29, 1.82) is 0 Å². The number of hydrogen-bond acceptors (Lipinski definition) is 4. The third-order valence-electron chi connectivity index (χ3n) is 4.32. The van der Waals surface area contributed by atoms with Crippen molar-refractivity contribution in [3.8, 4) is 0 Å². The summed E-state index contributed by atoms with van der Waals surface area (Å²) in [5.74, 6) is -0.370. The van der Waals surface area contributed by atoms with Crippen LogP contribution in [0, 0.1) is 5.92 Å². The number of likely N-dealkylation sites (tertiary alicyclic amines) is 1. The second-order valence-corrected chi connectivity index (χ2v) is 6.48. The van der Waals surface area contributed by atoms with Crippen LogP contribution in [-0.4, -0.2) is 49.4 Å². The fourth-order valence-electron chi connectivity index (χ4n) is 3.00. The van der Waals surface area contributed by atoms with Crippen molar-refractivity contribution >= 4 is 29.1 Å². The Morgan fingerprint density at radius 1 is 1.15 bits per heavy atom. The second-order valence-electron chi connectivity index (χ2n) is 6.48. The lowest BCUT2D eigenvalue weighted by Crippen LogP contribution is -2.43. The highest BCUT2D eigenvalue weighted by atomic mass is 16.5. The number of nitrogens with zero attached hydrogens (tertiary/aromatic N) is 1. The van der Waals surface area contributed by atoms with Gasteiger partial charge in [-0.2, -0.15) is 0 Å². The molecular weight excluding hydrogens is 334 g/mol. The minimum absolute atomic E-state index is 0.00653. The van der Waals surface area contributed by atoms with Crippen LogP contribution in [0.15, 0.2) is 24.3 Å². The number of benzene rings is 1. The molecule has 0 aromatic heterocycles. The molecule has 3 amide bonds. The van der Waals surface area contributed by atoms with Gasteiger partial charge in [-0.25, -0.2) is 0 Å². The van der Waals surface area contributed by atoms with E-state index in [0.29, 0.717) is 24.3 Å². The number of methoxy groups -OCH3 is 1. The molecule has 2 rings (SSSR count). The molecule has 0 spiro atoms. The lowest BCUT2D eigenvalue weighted by atomic mass is 9.96. The average Bonchev–Trinajstić information content (AvgIpc) is 2.64.